The fourth-order valence-corrected chi connectivity index (χ4v) is 2.01. The zero-order valence-corrected chi connectivity index (χ0v) is 14.0. The summed E-state index contributed by atoms with van der Waals surface area (Å²) in [5.74, 6) is 0.902. The summed E-state index contributed by atoms with van der Waals surface area (Å²) in [7, 11) is 3.52. The Kier molecular flexibility index (Phi) is 7.54. The van der Waals surface area contributed by atoms with E-state index in [0.29, 0.717) is 37.1 Å². The molecule has 0 atom stereocenters. The molecule has 0 heterocycles. The molecule has 1 N–H and O–H groups in total. The van der Waals surface area contributed by atoms with Gasteiger partial charge < -0.3 is 15.0 Å². The fourth-order valence-electron chi connectivity index (χ4n) is 1.78. The number of rotatable bonds is 8. The number of hydrogen-bond donors (Lipinski definition) is 1. The number of carbonyl (C=O) groups excluding carboxylic acids is 1. The Morgan fingerprint density at radius 3 is 2.71 bits per heavy atom. The van der Waals surface area contributed by atoms with E-state index in [-0.39, 0.29) is 5.91 Å². The lowest BCUT2D eigenvalue weighted by molar-refractivity contribution is -0.128. The Bertz CT molecular complexity index is 462. The van der Waals surface area contributed by atoms with Crippen LogP contribution in [0.3, 0.4) is 0 Å². The molecule has 5 heteroatoms. The van der Waals surface area contributed by atoms with Crippen molar-refractivity contribution in [2.75, 3.05) is 20.7 Å². The molecule has 1 amide bonds. The number of hydrogen-bond acceptors (Lipinski definition) is 3. The second-order valence-electron chi connectivity index (χ2n) is 5.49. The summed E-state index contributed by atoms with van der Waals surface area (Å²) in [6.07, 6.45) is 1.19. The van der Waals surface area contributed by atoms with E-state index in [9.17, 15) is 4.79 Å². The minimum atomic E-state index is 0.117. The first kappa shape index (κ1) is 17.8. The maximum absolute atomic E-state index is 11.5. The molecule has 0 aliphatic rings. The Hall–Kier alpha value is -1.26. The van der Waals surface area contributed by atoms with Gasteiger partial charge in [0.25, 0.3) is 0 Å². The normalized spacial score (nSPS) is 10.8. The van der Waals surface area contributed by atoms with E-state index in [1.54, 1.807) is 19.0 Å². The van der Waals surface area contributed by atoms with Gasteiger partial charge in [-0.1, -0.05) is 31.5 Å². The molecule has 0 saturated heterocycles. The van der Waals surface area contributed by atoms with Gasteiger partial charge in [0.1, 0.15) is 5.75 Å². The van der Waals surface area contributed by atoms with E-state index in [1.165, 1.54) is 0 Å². The fraction of sp³-hybridized carbons (Fsp3) is 0.562. The van der Waals surface area contributed by atoms with Gasteiger partial charge in [0.15, 0.2) is 0 Å². The highest BCUT2D eigenvalue weighted by atomic mass is 35.5. The van der Waals surface area contributed by atoms with Crippen molar-refractivity contribution >= 4 is 17.5 Å². The predicted octanol–water partition coefficient (Wildman–Crippen LogP) is 3.09. The Balaban J connectivity index is 2.54. The summed E-state index contributed by atoms with van der Waals surface area (Å²) in [5.41, 5.74) is 0.965. The van der Waals surface area contributed by atoms with Crippen molar-refractivity contribution in [1.82, 2.24) is 10.2 Å². The molecule has 0 radical (unpaired) electrons. The zero-order chi connectivity index (χ0) is 15.8. The van der Waals surface area contributed by atoms with Crippen LogP contribution < -0.4 is 10.1 Å². The number of halogens is 1. The maximum Gasteiger partial charge on any atom is 0.222 e. The van der Waals surface area contributed by atoms with Crippen molar-refractivity contribution in [2.24, 2.45) is 0 Å². The molecule has 0 spiro atoms. The quantitative estimate of drug-likeness (QED) is 0.750. The van der Waals surface area contributed by atoms with Gasteiger partial charge in [-0.15, -0.1) is 0 Å². The van der Waals surface area contributed by atoms with Crippen molar-refractivity contribution in [3.63, 3.8) is 0 Å². The minimum Gasteiger partial charge on any atom is -0.493 e. The summed E-state index contributed by atoms with van der Waals surface area (Å²) in [5, 5.41) is 4.04. The highest BCUT2D eigenvalue weighted by Gasteiger charge is 2.09. The van der Waals surface area contributed by atoms with E-state index in [2.05, 4.69) is 19.2 Å². The molecular weight excluding hydrogens is 288 g/mol. The van der Waals surface area contributed by atoms with Gasteiger partial charge in [-0.05, 0) is 18.6 Å². The van der Waals surface area contributed by atoms with Crippen LogP contribution >= 0.6 is 11.6 Å². The highest BCUT2D eigenvalue weighted by Crippen LogP contribution is 2.26. The molecule has 21 heavy (non-hydrogen) atoms. The minimum absolute atomic E-state index is 0.117. The average Bonchev–Trinajstić information content (AvgIpc) is 2.42. The van der Waals surface area contributed by atoms with Crippen molar-refractivity contribution in [3.05, 3.63) is 28.8 Å². The lowest BCUT2D eigenvalue weighted by Crippen LogP contribution is -2.23. The van der Waals surface area contributed by atoms with Crippen molar-refractivity contribution in [2.45, 2.75) is 39.3 Å². The molecule has 1 aromatic rings. The monoisotopic (exact) mass is 312 g/mol. The largest absolute Gasteiger partial charge is 0.493 e. The first-order valence-electron chi connectivity index (χ1n) is 7.25. The Morgan fingerprint density at radius 1 is 1.38 bits per heavy atom. The second kappa shape index (κ2) is 8.90. The van der Waals surface area contributed by atoms with Crippen LogP contribution in [0.15, 0.2) is 18.2 Å². The third kappa shape index (κ3) is 6.36. The lowest BCUT2D eigenvalue weighted by atomic mass is 10.2. The van der Waals surface area contributed by atoms with E-state index < -0.39 is 0 Å². The Labute approximate surface area is 132 Å². The van der Waals surface area contributed by atoms with E-state index in [4.69, 9.17) is 16.3 Å². The predicted molar refractivity (Wildman–Crippen MR) is 86.9 cm³/mol. The van der Waals surface area contributed by atoms with Crippen molar-refractivity contribution in [1.29, 1.82) is 0 Å². The molecule has 4 nitrogen and oxygen atoms in total. The smallest absolute Gasteiger partial charge is 0.222 e. The van der Waals surface area contributed by atoms with Crippen LogP contribution in [0.5, 0.6) is 5.75 Å². The third-order valence-electron chi connectivity index (χ3n) is 3.05. The summed E-state index contributed by atoms with van der Waals surface area (Å²) in [6, 6.07) is 6.03. The number of ether oxygens (including phenoxy) is 1. The van der Waals surface area contributed by atoms with Crippen LogP contribution in [0.1, 0.15) is 32.3 Å². The molecular formula is C16H25ClN2O2. The molecule has 0 aliphatic carbocycles. The first-order valence-corrected chi connectivity index (χ1v) is 7.63. The molecule has 118 valence electrons. The number of benzene rings is 1. The van der Waals surface area contributed by atoms with Gasteiger partial charge in [-0.2, -0.15) is 0 Å². The van der Waals surface area contributed by atoms with Crippen LogP contribution in [0.25, 0.3) is 0 Å². The molecule has 0 aromatic heterocycles. The second-order valence-corrected chi connectivity index (χ2v) is 5.90. The van der Waals surface area contributed by atoms with E-state index >= 15 is 0 Å². The van der Waals surface area contributed by atoms with Gasteiger partial charge >= 0.3 is 0 Å². The Morgan fingerprint density at radius 2 is 2.10 bits per heavy atom. The summed E-state index contributed by atoms with van der Waals surface area (Å²) in [4.78, 5) is 13.1. The van der Waals surface area contributed by atoms with Gasteiger partial charge in [-0.25, -0.2) is 0 Å². The summed E-state index contributed by atoms with van der Waals surface area (Å²) < 4.78 is 5.79. The molecule has 1 rings (SSSR count). The maximum atomic E-state index is 11.5. The number of carbonyl (C=O) groups is 1. The van der Waals surface area contributed by atoms with Gasteiger partial charge in [0.05, 0.1) is 6.61 Å². The number of nitrogens with one attached hydrogen (secondary N) is 1. The summed E-state index contributed by atoms with van der Waals surface area (Å²) in [6.45, 7) is 5.35. The lowest BCUT2D eigenvalue weighted by Gasteiger charge is -2.15. The van der Waals surface area contributed by atoms with Crippen LogP contribution in [-0.4, -0.2) is 37.6 Å². The van der Waals surface area contributed by atoms with Gasteiger partial charge in [0, 0.05) is 43.7 Å². The van der Waals surface area contributed by atoms with Crippen molar-refractivity contribution < 1.29 is 9.53 Å². The molecule has 0 aliphatic heterocycles. The van der Waals surface area contributed by atoms with Crippen LogP contribution in [0.4, 0.5) is 0 Å². The standard InChI is InChI=1S/C16H25ClN2O2/c1-12(2)18-11-13-14(17)7-5-8-15(13)21-10-6-9-16(20)19(3)4/h5,7-8,12,18H,6,9-11H2,1-4H3. The van der Waals surface area contributed by atoms with Crippen LogP contribution in [0, 0.1) is 0 Å². The number of amides is 1. The summed E-state index contributed by atoms with van der Waals surface area (Å²) >= 11 is 6.24. The topological polar surface area (TPSA) is 41.6 Å². The first-order chi connectivity index (χ1) is 9.91. The van der Waals surface area contributed by atoms with E-state index in [0.717, 1.165) is 11.3 Å². The molecule has 1 aromatic carbocycles. The van der Waals surface area contributed by atoms with Gasteiger partial charge in [0.2, 0.25) is 5.91 Å². The zero-order valence-electron chi connectivity index (χ0n) is 13.3. The average molecular weight is 313 g/mol. The SMILES string of the molecule is CC(C)NCc1c(Cl)cccc1OCCCC(=O)N(C)C. The van der Waals surface area contributed by atoms with Gasteiger partial charge in [-0.3, -0.25) is 4.79 Å². The molecule has 0 unspecified atom stereocenters. The van der Waals surface area contributed by atoms with Crippen LogP contribution in [0.2, 0.25) is 5.02 Å². The third-order valence-corrected chi connectivity index (χ3v) is 3.41. The molecule has 0 bridgehead atoms. The van der Waals surface area contributed by atoms with E-state index in [1.807, 2.05) is 18.2 Å². The van der Waals surface area contributed by atoms with Crippen molar-refractivity contribution in [3.8, 4) is 5.75 Å². The molecule has 0 saturated carbocycles. The highest BCUT2D eigenvalue weighted by molar-refractivity contribution is 6.31. The number of nitrogens with zero attached hydrogens (tertiary/aromatic N) is 1. The molecule has 0 fully saturated rings. The van der Waals surface area contributed by atoms with Crippen LogP contribution in [-0.2, 0) is 11.3 Å².